The Balaban J connectivity index is 1.91. The summed E-state index contributed by atoms with van der Waals surface area (Å²) in [5.41, 5.74) is 0. The molecule has 3 atom stereocenters. The predicted molar refractivity (Wildman–Crippen MR) is 48.8 cm³/mol. The number of likely N-dealkylation sites (tertiary alicyclic amines) is 1. The second-order valence-corrected chi connectivity index (χ2v) is 4.27. The van der Waals surface area contributed by atoms with Crippen molar-refractivity contribution >= 4 is 12.0 Å². The molecule has 2 rings (SSSR count). The fourth-order valence-electron chi connectivity index (χ4n) is 2.35. The van der Waals surface area contributed by atoms with E-state index in [-0.39, 0.29) is 23.7 Å². The standard InChI is InChI=1S/C9H14N2O3/c1-10(2)8(12)7-5-3-11(9(13)14)4-6(5)7/h5-7H,3-4H2,1-2H3,(H,13,14)/t5-,6+,7-. The zero-order valence-corrected chi connectivity index (χ0v) is 8.30. The van der Waals surface area contributed by atoms with E-state index in [1.54, 1.807) is 19.0 Å². The van der Waals surface area contributed by atoms with Gasteiger partial charge < -0.3 is 14.9 Å². The topological polar surface area (TPSA) is 60.9 Å². The summed E-state index contributed by atoms with van der Waals surface area (Å²) in [5.74, 6) is 0.785. The molecule has 1 saturated carbocycles. The predicted octanol–water partition coefficient (Wildman–Crippen LogP) is -0.0696. The van der Waals surface area contributed by atoms with Crippen LogP contribution in [0.3, 0.4) is 0 Å². The Morgan fingerprint density at radius 3 is 2.14 bits per heavy atom. The van der Waals surface area contributed by atoms with Gasteiger partial charge in [0.25, 0.3) is 0 Å². The summed E-state index contributed by atoms with van der Waals surface area (Å²) in [6.45, 7) is 1.06. The molecule has 1 N–H and O–H groups in total. The van der Waals surface area contributed by atoms with Crippen molar-refractivity contribution in [3.63, 3.8) is 0 Å². The highest BCUT2D eigenvalue weighted by molar-refractivity contribution is 5.82. The summed E-state index contributed by atoms with van der Waals surface area (Å²) in [6, 6.07) is 0. The zero-order chi connectivity index (χ0) is 10.5. The number of carboxylic acid groups (broad SMARTS) is 1. The Kier molecular flexibility index (Phi) is 1.90. The van der Waals surface area contributed by atoms with Crippen LogP contribution in [0.15, 0.2) is 0 Å². The molecule has 0 bridgehead atoms. The molecule has 78 valence electrons. The number of hydrogen-bond donors (Lipinski definition) is 1. The average molecular weight is 198 g/mol. The quantitative estimate of drug-likeness (QED) is 0.641. The van der Waals surface area contributed by atoms with Crippen molar-refractivity contribution in [1.29, 1.82) is 0 Å². The van der Waals surface area contributed by atoms with Gasteiger partial charge >= 0.3 is 6.09 Å². The molecule has 1 aliphatic carbocycles. The number of nitrogens with zero attached hydrogens (tertiary/aromatic N) is 2. The van der Waals surface area contributed by atoms with Crippen LogP contribution in [-0.2, 0) is 4.79 Å². The Hall–Kier alpha value is -1.26. The smallest absolute Gasteiger partial charge is 0.407 e. The number of fused-ring (bicyclic) bond motifs is 1. The highest BCUT2D eigenvalue weighted by Gasteiger charge is 2.60. The number of hydrogen-bond acceptors (Lipinski definition) is 2. The molecule has 14 heavy (non-hydrogen) atoms. The lowest BCUT2D eigenvalue weighted by Crippen LogP contribution is -2.33. The molecule has 0 unspecified atom stereocenters. The summed E-state index contributed by atoms with van der Waals surface area (Å²) in [5, 5.41) is 8.72. The molecule has 0 aromatic carbocycles. The van der Waals surface area contributed by atoms with Gasteiger partial charge in [0.15, 0.2) is 0 Å². The first kappa shape index (κ1) is 9.30. The maximum Gasteiger partial charge on any atom is 0.407 e. The normalized spacial score (nSPS) is 33.9. The second-order valence-electron chi connectivity index (χ2n) is 4.27. The fourth-order valence-corrected chi connectivity index (χ4v) is 2.35. The highest BCUT2D eigenvalue weighted by atomic mass is 16.4. The van der Waals surface area contributed by atoms with Crippen LogP contribution < -0.4 is 0 Å². The maximum absolute atomic E-state index is 11.6. The number of piperidine rings is 1. The minimum absolute atomic E-state index is 0.0839. The maximum atomic E-state index is 11.6. The lowest BCUT2D eigenvalue weighted by Gasteiger charge is -2.17. The Bertz CT molecular complexity index is 278. The van der Waals surface area contributed by atoms with Crippen LogP contribution in [0.4, 0.5) is 4.79 Å². The molecule has 5 heteroatoms. The monoisotopic (exact) mass is 198 g/mol. The van der Waals surface area contributed by atoms with Crippen LogP contribution in [0.25, 0.3) is 0 Å². The van der Waals surface area contributed by atoms with Gasteiger partial charge in [-0.3, -0.25) is 4.79 Å². The van der Waals surface area contributed by atoms with E-state index in [9.17, 15) is 9.59 Å². The fraction of sp³-hybridized carbons (Fsp3) is 0.778. The van der Waals surface area contributed by atoms with Crippen molar-refractivity contribution in [2.45, 2.75) is 0 Å². The van der Waals surface area contributed by atoms with Gasteiger partial charge in [-0.2, -0.15) is 0 Å². The third kappa shape index (κ3) is 1.23. The van der Waals surface area contributed by atoms with Crippen molar-refractivity contribution < 1.29 is 14.7 Å². The molecular formula is C9H14N2O3. The number of amides is 2. The van der Waals surface area contributed by atoms with E-state index in [0.717, 1.165) is 0 Å². The van der Waals surface area contributed by atoms with E-state index < -0.39 is 6.09 Å². The molecular weight excluding hydrogens is 184 g/mol. The van der Waals surface area contributed by atoms with Crippen molar-refractivity contribution in [3.8, 4) is 0 Å². The van der Waals surface area contributed by atoms with Crippen LogP contribution in [-0.4, -0.2) is 54.1 Å². The van der Waals surface area contributed by atoms with E-state index in [0.29, 0.717) is 13.1 Å². The van der Waals surface area contributed by atoms with E-state index in [1.807, 2.05) is 0 Å². The van der Waals surface area contributed by atoms with Gasteiger partial charge in [-0.15, -0.1) is 0 Å². The SMILES string of the molecule is CN(C)C(=O)[C@@H]1[C@@H]2CN(C(=O)O)C[C@@H]21. The first-order valence-corrected chi connectivity index (χ1v) is 4.71. The molecule has 1 saturated heterocycles. The number of carbonyl (C=O) groups excluding carboxylic acids is 1. The van der Waals surface area contributed by atoms with Crippen molar-refractivity contribution in [3.05, 3.63) is 0 Å². The molecule has 1 aliphatic heterocycles. The highest BCUT2D eigenvalue weighted by Crippen LogP contribution is 2.52. The van der Waals surface area contributed by atoms with Crippen molar-refractivity contribution in [1.82, 2.24) is 9.80 Å². The molecule has 2 aliphatic rings. The Labute approximate surface area is 82.3 Å². The summed E-state index contributed by atoms with van der Waals surface area (Å²) >= 11 is 0. The van der Waals surface area contributed by atoms with Gasteiger partial charge in [0.05, 0.1) is 0 Å². The molecule has 5 nitrogen and oxygen atoms in total. The van der Waals surface area contributed by atoms with Gasteiger partial charge in [0.1, 0.15) is 0 Å². The van der Waals surface area contributed by atoms with Gasteiger partial charge in [0.2, 0.25) is 5.91 Å². The summed E-state index contributed by atoms with van der Waals surface area (Å²) in [7, 11) is 3.48. The van der Waals surface area contributed by atoms with E-state index in [2.05, 4.69) is 0 Å². The zero-order valence-electron chi connectivity index (χ0n) is 8.30. The molecule has 0 aromatic heterocycles. The average Bonchev–Trinajstić information content (AvgIpc) is 2.57. The molecule has 0 radical (unpaired) electrons. The van der Waals surface area contributed by atoms with Crippen LogP contribution in [0.5, 0.6) is 0 Å². The molecule has 0 aromatic rings. The summed E-state index contributed by atoms with van der Waals surface area (Å²) < 4.78 is 0. The summed E-state index contributed by atoms with van der Waals surface area (Å²) in [6.07, 6.45) is -0.867. The van der Waals surface area contributed by atoms with E-state index >= 15 is 0 Å². The summed E-state index contributed by atoms with van der Waals surface area (Å²) in [4.78, 5) is 25.2. The molecule has 1 heterocycles. The Morgan fingerprint density at radius 1 is 1.29 bits per heavy atom. The lowest BCUT2D eigenvalue weighted by atomic mass is 10.2. The van der Waals surface area contributed by atoms with Crippen LogP contribution >= 0.6 is 0 Å². The largest absolute Gasteiger partial charge is 0.465 e. The van der Waals surface area contributed by atoms with Crippen molar-refractivity contribution in [2.75, 3.05) is 27.2 Å². The van der Waals surface area contributed by atoms with Crippen LogP contribution in [0, 0.1) is 17.8 Å². The minimum Gasteiger partial charge on any atom is -0.465 e. The number of rotatable bonds is 1. The van der Waals surface area contributed by atoms with Crippen molar-refractivity contribution in [2.24, 2.45) is 17.8 Å². The molecule has 2 fully saturated rings. The van der Waals surface area contributed by atoms with Crippen LogP contribution in [0.2, 0.25) is 0 Å². The van der Waals surface area contributed by atoms with Gasteiger partial charge in [0, 0.05) is 33.1 Å². The van der Waals surface area contributed by atoms with E-state index in [1.165, 1.54) is 4.90 Å². The first-order valence-electron chi connectivity index (χ1n) is 4.71. The minimum atomic E-state index is -0.867. The van der Waals surface area contributed by atoms with E-state index in [4.69, 9.17) is 5.11 Å². The number of carbonyl (C=O) groups is 2. The van der Waals surface area contributed by atoms with Gasteiger partial charge in [-0.05, 0) is 11.8 Å². The van der Waals surface area contributed by atoms with Gasteiger partial charge in [-0.1, -0.05) is 0 Å². The second kappa shape index (κ2) is 2.87. The first-order chi connectivity index (χ1) is 6.52. The third-order valence-electron chi connectivity index (χ3n) is 3.19. The lowest BCUT2D eigenvalue weighted by molar-refractivity contribution is -0.131. The van der Waals surface area contributed by atoms with Gasteiger partial charge in [-0.25, -0.2) is 4.79 Å². The molecule has 2 amide bonds. The van der Waals surface area contributed by atoms with Crippen LogP contribution in [0.1, 0.15) is 0 Å². The third-order valence-corrected chi connectivity index (χ3v) is 3.19. The Morgan fingerprint density at radius 2 is 1.79 bits per heavy atom. The molecule has 0 spiro atoms.